The Hall–Kier alpha value is -2.41. The van der Waals surface area contributed by atoms with Crippen molar-refractivity contribution in [1.29, 1.82) is 0 Å². The van der Waals surface area contributed by atoms with Crippen LogP contribution in [0.25, 0.3) is 11.3 Å². The van der Waals surface area contributed by atoms with Crippen molar-refractivity contribution in [3.05, 3.63) is 33.9 Å². The summed E-state index contributed by atoms with van der Waals surface area (Å²) < 4.78 is 1.89. The second kappa shape index (κ2) is 6.48. The molecule has 6 nitrogen and oxygen atoms in total. The molecule has 25 heavy (non-hydrogen) atoms. The van der Waals surface area contributed by atoms with Crippen LogP contribution in [0.3, 0.4) is 0 Å². The summed E-state index contributed by atoms with van der Waals surface area (Å²) in [6.07, 6.45) is 6.67. The minimum Gasteiger partial charge on any atom is -0.507 e. The van der Waals surface area contributed by atoms with Crippen LogP contribution < -0.4 is 10.5 Å². The number of aromatic hydroxyl groups is 1. The summed E-state index contributed by atoms with van der Waals surface area (Å²) >= 11 is 1.55. The molecule has 1 aromatic heterocycles. The molecule has 2 saturated carbocycles. The molecular weight excluding hydrogens is 336 g/mol. The first-order valence-electron chi connectivity index (χ1n) is 8.56. The van der Waals surface area contributed by atoms with Gasteiger partial charge in [0.1, 0.15) is 5.75 Å². The number of thiazole rings is 1. The van der Waals surface area contributed by atoms with E-state index in [0.29, 0.717) is 6.04 Å². The second-order valence-electron chi connectivity index (χ2n) is 6.55. The summed E-state index contributed by atoms with van der Waals surface area (Å²) in [6, 6.07) is 5.29. The van der Waals surface area contributed by atoms with Gasteiger partial charge in [-0.3, -0.25) is 9.79 Å². The number of amides is 1. The average molecular weight is 356 g/mol. The lowest BCUT2D eigenvalue weighted by atomic mass is 10.1. The summed E-state index contributed by atoms with van der Waals surface area (Å²) in [5.41, 5.74) is 8.32. The lowest BCUT2D eigenvalue weighted by Gasteiger charge is -2.07. The molecule has 3 N–H and O–H groups in total. The molecule has 1 heterocycles. The van der Waals surface area contributed by atoms with Crippen LogP contribution in [0.15, 0.2) is 33.7 Å². The number of phenols is 1. The molecule has 0 radical (unpaired) electrons. The van der Waals surface area contributed by atoms with Gasteiger partial charge in [-0.15, -0.1) is 11.3 Å². The zero-order valence-electron chi connectivity index (χ0n) is 13.8. The Morgan fingerprint density at radius 2 is 2.04 bits per heavy atom. The fourth-order valence-corrected chi connectivity index (χ4v) is 3.86. The first kappa shape index (κ1) is 16.1. The number of hydrogen-bond donors (Lipinski definition) is 2. The van der Waals surface area contributed by atoms with Crippen molar-refractivity contribution < 1.29 is 9.90 Å². The Kier molecular flexibility index (Phi) is 4.17. The minimum absolute atomic E-state index is 0.108. The number of benzene rings is 1. The van der Waals surface area contributed by atoms with E-state index >= 15 is 0 Å². The number of primary amides is 1. The number of nitrogens with zero attached hydrogens (tertiary/aromatic N) is 3. The molecule has 2 aromatic rings. The summed E-state index contributed by atoms with van der Waals surface area (Å²) in [4.78, 5) is 17.2. The van der Waals surface area contributed by atoms with Crippen molar-refractivity contribution in [2.45, 2.75) is 44.6 Å². The quantitative estimate of drug-likeness (QED) is 0.881. The Balaban J connectivity index is 1.84. The predicted octanol–water partition coefficient (Wildman–Crippen LogP) is 2.86. The summed E-state index contributed by atoms with van der Waals surface area (Å²) in [6.45, 7) is 0. The van der Waals surface area contributed by atoms with E-state index in [9.17, 15) is 9.90 Å². The largest absolute Gasteiger partial charge is 0.507 e. The van der Waals surface area contributed by atoms with E-state index in [1.165, 1.54) is 24.6 Å². The Morgan fingerprint density at radius 1 is 1.28 bits per heavy atom. The number of aromatic nitrogens is 1. The average Bonchev–Trinajstić information content (AvgIpc) is 3.10. The van der Waals surface area contributed by atoms with E-state index < -0.39 is 5.91 Å². The van der Waals surface area contributed by atoms with E-state index in [2.05, 4.69) is 0 Å². The van der Waals surface area contributed by atoms with Gasteiger partial charge in [0, 0.05) is 16.7 Å². The maximum Gasteiger partial charge on any atom is 0.252 e. The van der Waals surface area contributed by atoms with Crippen molar-refractivity contribution in [1.82, 2.24) is 4.68 Å². The van der Waals surface area contributed by atoms with Crippen molar-refractivity contribution in [3.63, 3.8) is 0 Å². The van der Waals surface area contributed by atoms with E-state index in [0.717, 1.165) is 41.7 Å². The maximum atomic E-state index is 11.5. The van der Waals surface area contributed by atoms with Crippen LogP contribution in [0.2, 0.25) is 0 Å². The van der Waals surface area contributed by atoms with Gasteiger partial charge < -0.3 is 10.8 Å². The normalized spacial score (nSPS) is 17.9. The third-order valence-electron chi connectivity index (χ3n) is 4.51. The molecule has 4 rings (SSSR count). The van der Waals surface area contributed by atoms with Gasteiger partial charge in [-0.1, -0.05) is 0 Å². The number of rotatable bonds is 4. The van der Waals surface area contributed by atoms with Gasteiger partial charge in [-0.05, 0) is 56.7 Å². The van der Waals surface area contributed by atoms with E-state index in [1.807, 2.05) is 10.1 Å². The van der Waals surface area contributed by atoms with Crippen molar-refractivity contribution >= 4 is 23.0 Å². The van der Waals surface area contributed by atoms with Crippen molar-refractivity contribution in [2.75, 3.05) is 0 Å². The summed E-state index contributed by atoms with van der Waals surface area (Å²) in [5.74, 6) is -0.755. The molecule has 0 unspecified atom stereocenters. The Bertz CT molecular complexity index is 913. The molecule has 0 saturated heterocycles. The van der Waals surface area contributed by atoms with Crippen LogP contribution in [0.1, 0.15) is 48.9 Å². The molecule has 1 aromatic carbocycles. The zero-order chi connectivity index (χ0) is 17.4. The Morgan fingerprint density at radius 3 is 2.72 bits per heavy atom. The number of carbonyl (C=O) groups is 1. The fraction of sp³-hybridized carbons (Fsp3) is 0.389. The predicted molar refractivity (Wildman–Crippen MR) is 97.8 cm³/mol. The van der Waals surface area contributed by atoms with E-state index in [1.54, 1.807) is 23.5 Å². The Labute approximate surface area is 149 Å². The summed E-state index contributed by atoms with van der Waals surface area (Å²) in [5, 5.41) is 16.7. The van der Waals surface area contributed by atoms with Crippen molar-refractivity contribution in [2.24, 2.45) is 15.8 Å². The molecule has 0 atom stereocenters. The van der Waals surface area contributed by atoms with Crippen molar-refractivity contribution in [3.8, 4) is 17.0 Å². The van der Waals surface area contributed by atoms with Gasteiger partial charge in [-0.25, -0.2) is 4.68 Å². The summed E-state index contributed by atoms with van der Waals surface area (Å²) in [7, 11) is 0. The molecule has 0 spiro atoms. The van der Waals surface area contributed by atoms with Gasteiger partial charge in [-0.2, -0.15) is 5.10 Å². The number of hydrogen-bond acceptors (Lipinski definition) is 5. The first-order valence-corrected chi connectivity index (χ1v) is 9.44. The van der Waals surface area contributed by atoms with Gasteiger partial charge >= 0.3 is 0 Å². The third kappa shape index (κ3) is 3.37. The van der Waals surface area contributed by atoms with Crippen LogP contribution in [0.4, 0.5) is 0 Å². The highest BCUT2D eigenvalue weighted by Gasteiger charge is 2.21. The van der Waals surface area contributed by atoms with Gasteiger partial charge in [0.15, 0.2) is 0 Å². The molecule has 2 aliphatic rings. The molecule has 1 amide bonds. The second-order valence-corrected chi connectivity index (χ2v) is 7.38. The first-order chi connectivity index (χ1) is 12.1. The topological polar surface area (TPSA) is 93.0 Å². The van der Waals surface area contributed by atoms with Crippen LogP contribution in [0, 0.1) is 0 Å². The highest BCUT2D eigenvalue weighted by Crippen LogP contribution is 2.28. The van der Waals surface area contributed by atoms with Crippen LogP contribution >= 0.6 is 11.3 Å². The standard InChI is InChI=1S/C18H20N4O2S/c19-17(24)14-9-11(5-8-16(14)23)15-10-25-18(20-12-6-7-12)22(15)21-13-3-1-2-4-13/h5,8-10,12,23H,1-4,6-7H2,(H2,19,24). The zero-order valence-corrected chi connectivity index (χ0v) is 14.6. The number of nitrogens with two attached hydrogens (primary N) is 1. The van der Waals surface area contributed by atoms with E-state index in [-0.39, 0.29) is 11.3 Å². The monoisotopic (exact) mass is 356 g/mol. The molecule has 7 heteroatoms. The third-order valence-corrected chi connectivity index (χ3v) is 5.34. The highest BCUT2D eigenvalue weighted by molar-refractivity contribution is 7.07. The SMILES string of the molecule is NC(=O)c1cc(-c2csc(=NC3CC3)n2N=C2CCCC2)ccc1O. The minimum atomic E-state index is -0.647. The van der Waals surface area contributed by atoms with Gasteiger partial charge in [0.05, 0.1) is 17.3 Å². The lowest BCUT2D eigenvalue weighted by Crippen LogP contribution is -2.15. The van der Waals surface area contributed by atoms with Crippen LogP contribution in [0.5, 0.6) is 5.75 Å². The molecule has 0 aliphatic heterocycles. The van der Waals surface area contributed by atoms with Crippen LogP contribution in [-0.2, 0) is 0 Å². The molecule has 2 aliphatic carbocycles. The molecular formula is C18H20N4O2S. The fourth-order valence-electron chi connectivity index (χ4n) is 2.96. The van der Waals surface area contributed by atoms with Gasteiger partial charge in [0.2, 0.25) is 4.80 Å². The van der Waals surface area contributed by atoms with Gasteiger partial charge in [0.25, 0.3) is 5.91 Å². The molecule has 130 valence electrons. The highest BCUT2D eigenvalue weighted by atomic mass is 32.1. The smallest absolute Gasteiger partial charge is 0.252 e. The molecule has 0 bridgehead atoms. The molecule has 2 fully saturated rings. The number of carbonyl (C=O) groups excluding carboxylic acids is 1. The maximum absolute atomic E-state index is 11.5. The van der Waals surface area contributed by atoms with Crippen LogP contribution in [-0.4, -0.2) is 27.4 Å². The van der Waals surface area contributed by atoms with E-state index in [4.69, 9.17) is 15.8 Å². The lowest BCUT2D eigenvalue weighted by molar-refractivity contribution is 0.0998.